The Morgan fingerprint density at radius 3 is 1.29 bits per heavy atom. The monoisotopic (exact) mass is 974 g/mol. The number of allylic oxidation sites excluding steroid dienone is 12. The highest BCUT2D eigenvalue weighted by molar-refractivity contribution is 7.47. The van der Waals surface area contributed by atoms with Crippen molar-refractivity contribution in [2.45, 2.75) is 257 Å². The van der Waals surface area contributed by atoms with Crippen molar-refractivity contribution in [2.75, 3.05) is 40.9 Å². The lowest BCUT2D eigenvalue weighted by atomic mass is 10.0. The maximum absolute atomic E-state index is 12.8. The maximum atomic E-state index is 12.8. The Labute approximate surface area is 421 Å². The molecule has 0 aliphatic carbocycles. The zero-order chi connectivity index (χ0) is 49.9. The minimum Gasteiger partial charge on any atom is -0.391 e. The number of unbranched alkanes of at least 4 members (excludes halogenated alkanes) is 26. The van der Waals surface area contributed by atoms with E-state index in [2.05, 4.69) is 92.1 Å². The van der Waals surface area contributed by atoms with Crippen molar-refractivity contribution >= 4 is 13.7 Å². The minimum atomic E-state index is -4.30. The van der Waals surface area contributed by atoms with Crippen LogP contribution in [0.15, 0.2) is 72.9 Å². The second kappa shape index (κ2) is 49.9. The van der Waals surface area contributed by atoms with Gasteiger partial charge in [0.1, 0.15) is 13.2 Å². The normalized spacial score (nSPS) is 14.5. The van der Waals surface area contributed by atoms with E-state index in [1.807, 2.05) is 21.1 Å². The van der Waals surface area contributed by atoms with Crippen molar-refractivity contribution in [1.82, 2.24) is 5.32 Å². The number of phosphoric acid groups is 1. The van der Waals surface area contributed by atoms with Gasteiger partial charge in [-0.3, -0.25) is 13.8 Å². The smallest absolute Gasteiger partial charge is 0.391 e. The van der Waals surface area contributed by atoms with Crippen LogP contribution in [0.3, 0.4) is 0 Å². The molecule has 0 radical (unpaired) electrons. The molecular formula is C59H110N2O6P+. The molecule has 0 aliphatic rings. The number of nitrogens with one attached hydrogen (secondary N) is 1. The summed E-state index contributed by atoms with van der Waals surface area (Å²) in [6.45, 7) is 4.69. The van der Waals surface area contributed by atoms with Gasteiger partial charge in [-0.25, -0.2) is 4.57 Å². The van der Waals surface area contributed by atoms with Crippen LogP contribution in [0.25, 0.3) is 0 Å². The molecule has 0 aromatic heterocycles. The molecule has 0 fully saturated rings. The van der Waals surface area contributed by atoms with E-state index in [1.54, 1.807) is 0 Å². The fraction of sp³-hybridized carbons (Fsp3) is 0.780. The Bertz CT molecular complexity index is 1330. The van der Waals surface area contributed by atoms with Crippen LogP contribution in [-0.2, 0) is 18.4 Å². The van der Waals surface area contributed by atoms with Gasteiger partial charge in [0.05, 0.1) is 39.9 Å². The maximum Gasteiger partial charge on any atom is 0.472 e. The lowest BCUT2D eigenvalue weighted by Crippen LogP contribution is -2.46. The first-order valence-corrected chi connectivity index (χ1v) is 29.8. The molecule has 396 valence electrons. The number of aliphatic hydroxyl groups excluding tert-OH is 1. The summed E-state index contributed by atoms with van der Waals surface area (Å²) in [5, 5.41) is 13.8. The average molecular weight is 975 g/mol. The molecule has 0 saturated heterocycles. The van der Waals surface area contributed by atoms with Crippen LogP contribution in [0.4, 0.5) is 0 Å². The molecule has 0 saturated carbocycles. The summed E-state index contributed by atoms with van der Waals surface area (Å²) in [4.78, 5) is 23.0. The van der Waals surface area contributed by atoms with Crippen molar-refractivity contribution in [2.24, 2.45) is 0 Å². The number of aliphatic hydroxyl groups is 1. The van der Waals surface area contributed by atoms with Crippen LogP contribution in [0.5, 0.6) is 0 Å². The van der Waals surface area contributed by atoms with Crippen molar-refractivity contribution < 1.29 is 32.9 Å². The van der Waals surface area contributed by atoms with Crippen LogP contribution in [-0.4, -0.2) is 73.4 Å². The van der Waals surface area contributed by atoms with Crippen molar-refractivity contribution in [3.8, 4) is 0 Å². The molecule has 8 nitrogen and oxygen atoms in total. The summed E-state index contributed by atoms with van der Waals surface area (Å²) in [7, 11) is 1.61. The molecule has 3 unspecified atom stereocenters. The predicted octanol–water partition coefficient (Wildman–Crippen LogP) is 17.1. The van der Waals surface area contributed by atoms with Crippen molar-refractivity contribution in [1.29, 1.82) is 0 Å². The summed E-state index contributed by atoms with van der Waals surface area (Å²) in [5.74, 6) is -0.150. The third-order valence-corrected chi connectivity index (χ3v) is 13.5. The van der Waals surface area contributed by atoms with Gasteiger partial charge in [0.15, 0.2) is 0 Å². The van der Waals surface area contributed by atoms with E-state index in [1.165, 1.54) is 128 Å². The molecular weight excluding hydrogens is 864 g/mol. The first-order valence-electron chi connectivity index (χ1n) is 28.3. The first-order chi connectivity index (χ1) is 33.0. The number of carbonyl (C=O) groups is 1. The number of likely N-dealkylation sites (N-methyl/N-ethyl adjacent to an activating group) is 1. The third kappa shape index (κ3) is 51.8. The molecule has 9 heteroatoms. The van der Waals surface area contributed by atoms with E-state index in [0.29, 0.717) is 23.9 Å². The number of amides is 1. The van der Waals surface area contributed by atoms with Crippen LogP contribution in [0.2, 0.25) is 0 Å². The number of carbonyl (C=O) groups excluding carboxylic acids is 1. The Morgan fingerprint density at radius 1 is 0.515 bits per heavy atom. The highest BCUT2D eigenvalue weighted by Crippen LogP contribution is 2.43. The quantitative estimate of drug-likeness (QED) is 0.0243. The Kier molecular flexibility index (Phi) is 48.4. The van der Waals surface area contributed by atoms with Gasteiger partial charge in [-0.2, -0.15) is 0 Å². The van der Waals surface area contributed by atoms with Crippen molar-refractivity contribution in [3.05, 3.63) is 72.9 Å². The van der Waals surface area contributed by atoms with E-state index in [-0.39, 0.29) is 19.1 Å². The minimum absolute atomic E-state index is 0.0737. The Hall–Kier alpha value is -2.06. The van der Waals surface area contributed by atoms with E-state index in [4.69, 9.17) is 9.05 Å². The molecule has 1 amide bonds. The molecule has 0 aliphatic heterocycles. The number of quaternary nitrogens is 1. The van der Waals surface area contributed by atoms with Crippen LogP contribution in [0.1, 0.15) is 245 Å². The van der Waals surface area contributed by atoms with E-state index in [0.717, 1.165) is 89.9 Å². The lowest BCUT2D eigenvalue weighted by molar-refractivity contribution is -0.870. The number of hydrogen-bond acceptors (Lipinski definition) is 5. The van der Waals surface area contributed by atoms with Gasteiger partial charge in [0.2, 0.25) is 5.91 Å². The molecule has 68 heavy (non-hydrogen) atoms. The van der Waals surface area contributed by atoms with Crippen LogP contribution in [0, 0.1) is 0 Å². The SMILES string of the molecule is CC/C=C\C/C=C\C/C=C\C/C=C\C/C=C\C/C=C\CCCCCCCCCCCCCCCCCCCCCCCCC(=O)NC(COP(=O)(O)OCC[N+](C)(C)C)C(O)CCCCCCC. The van der Waals surface area contributed by atoms with E-state index in [9.17, 15) is 19.4 Å². The first kappa shape index (κ1) is 65.9. The van der Waals surface area contributed by atoms with Gasteiger partial charge in [-0.05, 0) is 64.2 Å². The van der Waals surface area contributed by atoms with E-state index >= 15 is 0 Å². The summed E-state index contributed by atoms with van der Waals surface area (Å²) in [6, 6.07) is -0.756. The van der Waals surface area contributed by atoms with Gasteiger partial charge in [0, 0.05) is 6.42 Å². The Morgan fingerprint density at radius 2 is 0.882 bits per heavy atom. The Balaban J connectivity index is 3.70. The van der Waals surface area contributed by atoms with Gasteiger partial charge in [-0.1, -0.05) is 247 Å². The number of phosphoric ester groups is 1. The highest BCUT2D eigenvalue weighted by atomic mass is 31.2. The summed E-state index contributed by atoms with van der Waals surface area (Å²) < 4.78 is 23.5. The highest BCUT2D eigenvalue weighted by Gasteiger charge is 2.28. The van der Waals surface area contributed by atoms with Gasteiger partial charge >= 0.3 is 7.82 Å². The third-order valence-electron chi connectivity index (χ3n) is 12.5. The lowest BCUT2D eigenvalue weighted by Gasteiger charge is -2.26. The standard InChI is InChI=1S/C59H109N2O6P/c1-6-8-10-12-13-14-15-16-17-18-19-20-21-22-23-24-25-26-27-28-29-30-31-32-33-34-35-36-37-38-39-40-41-42-43-44-45-46-47-49-51-53-59(63)60-57(58(62)52-50-48-11-9-7-2)56-67-68(64,65)66-55-54-61(3,4)5/h8,10,13-14,16-17,19-20,22-23,25-26,57-58,62H,6-7,9,11-12,15,18,21,24,27-56H2,1-5H3,(H-,60,63,64,65)/p+1/b10-8-,14-13-,17-16-,20-19-,23-22-,26-25-. The fourth-order valence-electron chi connectivity index (χ4n) is 8.05. The number of hydrogen-bond donors (Lipinski definition) is 3. The molecule has 0 bridgehead atoms. The topological polar surface area (TPSA) is 105 Å². The molecule has 0 spiro atoms. The van der Waals surface area contributed by atoms with Crippen LogP contribution >= 0.6 is 7.82 Å². The molecule has 3 atom stereocenters. The largest absolute Gasteiger partial charge is 0.472 e. The average Bonchev–Trinajstić information content (AvgIpc) is 3.30. The number of rotatable bonds is 51. The van der Waals surface area contributed by atoms with Crippen molar-refractivity contribution in [3.63, 3.8) is 0 Å². The second-order valence-corrected chi connectivity index (χ2v) is 21.7. The van der Waals surface area contributed by atoms with E-state index < -0.39 is 20.0 Å². The fourth-order valence-corrected chi connectivity index (χ4v) is 8.79. The van der Waals surface area contributed by atoms with Gasteiger partial charge in [0.25, 0.3) is 0 Å². The molecule has 0 heterocycles. The second-order valence-electron chi connectivity index (χ2n) is 20.3. The molecule has 0 aromatic rings. The zero-order valence-electron chi connectivity index (χ0n) is 45.1. The summed E-state index contributed by atoms with van der Waals surface area (Å²) in [6.07, 6.45) is 68.9. The zero-order valence-corrected chi connectivity index (χ0v) is 46.0. The van der Waals surface area contributed by atoms with Gasteiger partial charge in [-0.15, -0.1) is 0 Å². The summed E-state index contributed by atoms with van der Waals surface area (Å²) >= 11 is 0. The number of nitrogens with zero attached hydrogens (tertiary/aromatic N) is 1. The summed E-state index contributed by atoms with van der Waals surface area (Å²) in [5.41, 5.74) is 0. The molecule has 3 N–H and O–H groups in total. The van der Waals surface area contributed by atoms with Crippen LogP contribution < -0.4 is 5.32 Å². The molecule has 0 aromatic carbocycles. The predicted molar refractivity (Wildman–Crippen MR) is 295 cm³/mol. The van der Waals surface area contributed by atoms with Gasteiger partial charge < -0.3 is 19.8 Å². The molecule has 0 rings (SSSR count).